The minimum Gasteiger partial charge on any atom is -0.374 e. The third-order valence-corrected chi connectivity index (χ3v) is 3.72. The summed E-state index contributed by atoms with van der Waals surface area (Å²) in [4.78, 5) is 2.47. The second kappa shape index (κ2) is 4.26. The van der Waals surface area contributed by atoms with E-state index in [1.807, 2.05) is 6.08 Å². The van der Waals surface area contributed by atoms with Crippen molar-refractivity contribution in [2.75, 3.05) is 13.7 Å². The molecule has 0 unspecified atom stereocenters. The van der Waals surface area contributed by atoms with Crippen molar-refractivity contribution >= 4 is 0 Å². The van der Waals surface area contributed by atoms with Crippen LogP contribution in [0.1, 0.15) is 40.5 Å². The lowest BCUT2D eigenvalue weighted by Gasteiger charge is -2.53. The monoisotopic (exact) mass is 211 g/mol. The zero-order valence-electron chi connectivity index (χ0n) is 10.8. The molecule has 15 heavy (non-hydrogen) atoms. The topological polar surface area (TPSA) is 12.5 Å². The van der Waals surface area contributed by atoms with Gasteiger partial charge in [0.25, 0.3) is 0 Å². The Balaban J connectivity index is 2.70. The Bertz CT molecular complexity index is 215. The summed E-state index contributed by atoms with van der Waals surface area (Å²) in [5.74, 6) is 0. The normalized spacial score (nSPS) is 26.5. The molecule has 1 fully saturated rings. The van der Waals surface area contributed by atoms with E-state index in [9.17, 15) is 0 Å². The Morgan fingerprint density at radius 1 is 1.27 bits per heavy atom. The number of piperidine rings is 1. The van der Waals surface area contributed by atoms with E-state index in [-0.39, 0.29) is 11.1 Å². The van der Waals surface area contributed by atoms with E-state index in [0.717, 1.165) is 12.8 Å². The molecule has 0 spiro atoms. The molecular formula is C13H25NO. The molecule has 0 saturated carbocycles. The van der Waals surface area contributed by atoms with Crippen molar-refractivity contribution in [3.8, 4) is 0 Å². The molecule has 0 bridgehead atoms. The zero-order chi connectivity index (χ0) is 11.7. The molecule has 0 amide bonds. The minimum absolute atomic E-state index is 0.216. The largest absolute Gasteiger partial charge is 0.374 e. The van der Waals surface area contributed by atoms with Crippen LogP contribution in [0.15, 0.2) is 12.7 Å². The highest BCUT2D eigenvalue weighted by molar-refractivity contribution is 4.99. The maximum absolute atomic E-state index is 5.81. The summed E-state index contributed by atoms with van der Waals surface area (Å²) in [6, 6.07) is 0. The molecule has 0 N–H and O–H groups in total. The Labute approximate surface area is 94.3 Å². The first-order valence-corrected chi connectivity index (χ1v) is 5.76. The fraction of sp³-hybridized carbons (Fsp3) is 0.846. The van der Waals surface area contributed by atoms with Gasteiger partial charge in [-0.1, -0.05) is 6.08 Å². The van der Waals surface area contributed by atoms with Crippen LogP contribution in [-0.2, 0) is 4.74 Å². The van der Waals surface area contributed by atoms with Crippen molar-refractivity contribution in [1.29, 1.82) is 0 Å². The van der Waals surface area contributed by atoms with Crippen LogP contribution < -0.4 is 0 Å². The number of likely N-dealkylation sites (tertiary alicyclic amines) is 1. The van der Waals surface area contributed by atoms with Crippen molar-refractivity contribution in [1.82, 2.24) is 4.90 Å². The first-order chi connectivity index (χ1) is 6.79. The van der Waals surface area contributed by atoms with Gasteiger partial charge in [0.05, 0.1) is 12.7 Å². The SMILES string of the molecule is C=CCOC1CC(C)(C)N(C)C(C)(C)C1. The number of hydrogen-bond acceptors (Lipinski definition) is 2. The highest BCUT2D eigenvalue weighted by Crippen LogP contribution is 2.37. The Hall–Kier alpha value is -0.340. The van der Waals surface area contributed by atoms with Gasteiger partial charge in [0.2, 0.25) is 0 Å². The Morgan fingerprint density at radius 2 is 1.73 bits per heavy atom. The predicted molar refractivity (Wildman–Crippen MR) is 65.1 cm³/mol. The van der Waals surface area contributed by atoms with Crippen molar-refractivity contribution in [2.45, 2.75) is 57.7 Å². The van der Waals surface area contributed by atoms with E-state index in [1.165, 1.54) is 0 Å². The van der Waals surface area contributed by atoms with Gasteiger partial charge in [0.1, 0.15) is 0 Å². The molecule has 0 aromatic heterocycles. The van der Waals surface area contributed by atoms with Gasteiger partial charge >= 0.3 is 0 Å². The Morgan fingerprint density at radius 3 is 2.13 bits per heavy atom. The summed E-state index contributed by atoms with van der Waals surface area (Å²) >= 11 is 0. The van der Waals surface area contributed by atoms with Crippen molar-refractivity contribution in [3.05, 3.63) is 12.7 Å². The van der Waals surface area contributed by atoms with E-state index < -0.39 is 0 Å². The molecule has 2 nitrogen and oxygen atoms in total. The summed E-state index contributed by atoms with van der Waals surface area (Å²) in [5, 5.41) is 0. The van der Waals surface area contributed by atoms with E-state index in [4.69, 9.17) is 4.74 Å². The van der Waals surface area contributed by atoms with Crippen LogP contribution in [0.25, 0.3) is 0 Å². The molecule has 0 atom stereocenters. The summed E-state index contributed by atoms with van der Waals surface area (Å²) in [7, 11) is 2.21. The number of ether oxygens (including phenoxy) is 1. The molecule has 1 aliphatic rings. The van der Waals surface area contributed by atoms with Gasteiger partial charge in [-0.15, -0.1) is 6.58 Å². The van der Waals surface area contributed by atoms with Crippen LogP contribution in [0.5, 0.6) is 0 Å². The summed E-state index contributed by atoms with van der Waals surface area (Å²) in [6.07, 6.45) is 4.39. The molecule has 1 heterocycles. The number of rotatable bonds is 3. The average Bonchev–Trinajstić information content (AvgIpc) is 2.10. The molecule has 0 radical (unpaired) electrons. The molecule has 1 rings (SSSR count). The molecule has 0 aliphatic carbocycles. The molecule has 1 saturated heterocycles. The second-order valence-corrected chi connectivity index (χ2v) is 5.84. The first-order valence-electron chi connectivity index (χ1n) is 5.76. The lowest BCUT2D eigenvalue weighted by molar-refractivity contribution is -0.0857. The zero-order valence-corrected chi connectivity index (χ0v) is 10.8. The van der Waals surface area contributed by atoms with Gasteiger partial charge in [-0.2, -0.15) is 0 Å². The molecule has 0 aromatic rings. The van der Waals surface area contributed by atoms with E-state index in [0.29, 0.717) is 12.7 Å². The van der Waals surface area contributed by atoms with Gasteiger partial charge in [0.15, 0.2) is 0 Å². The lowest BCUT2D eigenvalue weighted by Crippen LogP contribution is -2.60. The fourth-order valence-electron chi connectivity index (χ4n) is 2.60. The van der Waals surface area contributed by atoms with E-state index in [1.54, 1.807) is 0 Å². The van der Waals surface area contributed by atoms with Crippen molar-refractivity contribution < 1.29 is 4.74 Å². The molecule has 0 aromatic carbocycles. The van der Waals surface area contributed by atoms with Crippen molar-refractivity contribution in [2.24, 2.45) is 0 Å². The molecular weight excluding hydrogens is 186 g/mol. The number of nitrogens with zero attached hydrogens (tertiary/aromatic N) is 1. The summed E-state index contributed by atoms with van der Waals surface area (Å²) in [5.41, 5.74) is 0.432. The highest BCUT2D eigenvalue weighted by Gasteiger charge is 2.43. The van der Waals surface area contributed by atoms with E-state index in [2.05, 4.69) is 46.2 Å². The van der Waals surface area contributed by atoms with Gasteiger partial charge in [-0.25, -0.2) is 0 Å². The third kappa shape index (κ3) is 2.82. The van der Waals surface area contributed by atoms with Crippen LogP contribution in [0.2, 0.25) is 0 Å². The fourth-order valence-corrected chi connectivity index (χ4v) is 2.60. The Kier molecular flexibility index (Phi) is 3.62. The van der Waals surface area contributed by atoms with Crippen LogP contribution in [0, 0.1) is 0 Å². The van der Waals surface area contributed by atoms with Crippen LogP contribution in [-0.4, -0.2) is 35.7 Å². The quantitative estimate of drug-likeness (QED) is 0.666. The highest BCUT2D eigenvalue weighted by atomic mass is 16.5. The molecule has 88 valence electrons. The predicted octanol–water partition coefficient (Wildman–Crippen LogP) is 2.84. The average molecular weight is 211 g/mol. The maximum atomic E-state index is 5.81. The van der Waals surface area contributed by atoms with Gasteiger partial charge in [0, 0.05) is 11.1 Å². The van der Waals surface area contributed by atoms with Crippen LogP contribution in [0.3, 0.4) is 0 Å². The van der Waals surface area contributed by atoms with Crippen molar-refractivity contribution in [3.63, 3.8) is 0 Å². The van der Waals surface area contributed by atoms with Gasteiger partial charge in [-0.3, -0.25) is 4.90 Å². The van der Waals surface area contributed by atoms with Crippen LogP contribution in [0.4, 0.5) is 0 Å². The summed E-state index contributed by atoms with van der Waals surface area (Å²) in [6.45, 7) is 13.5. The van der Waals surface area contributed by atoms with E-state index >= 15 is 0 Å². The summed E-state index contributed by atoms with van der Waals surface area (Å²) < 4.78 is 5.81. The lowest BCUT2D eigenvalue weighted by atomic mass is 9.79. The molecule has 1 aliphatic heterocycles. The van der Waals surface area contributed by atoms with Gasteiger partial charge in [-0.05, 0) is 47.6 Å². The minimum atomic E-state index is 0.216. The third-order valence-electron chi connectivity index (χ3n) is 3.72. The smallest absolute Gasteiger partial charge is 0.0648 e. The molecule has 2 heteroatoms. The maximum Gasteiger partial charge on any atom is 0.0648 e. The second-order valence-electron chi connectivity index (χ2n) is 5.84. The standard InChI is InChI=1S/C13H25NO/c1-7-8-15-11-9-12(2,3)14(6)13(4,5)10-11/h7,11H,1,8-10H2,2-6H3. The number of hydrogen-bond donors (Lipinski definition) is 0. The van der Waals surface area contributed by atoms with Gasteiger partial charge < -0.3 is 4.74 Å². The first kappa shape index (κ1) is 12.7. The van der Waals surface area contributed by atoms with Crippen LogP contribution >= 0.6 is 0 Å².